The SMILES string of the molecule is Cc1cc(Cl)cc2c1OCCC[C@H]2O. The van der Waals surface area contributed by atoms with Crippen molar-refractivity contribution in [2.45, 2.75) is 25.9 Å². The van der Waals surface area contributed by atoms with Crippen molar-refractivity contribution in [1.82, 2.24) is 0 Å². The van der Waals surface area contributed by atoms with Gasteiger partial charge in [-0.05, 0) is 37.5 Å². The number of aryl methyl sites for hydroxylation is 1. The highest BCUT2D eigenvalue weighted by Gasteiger charge is 2.19. The van der Waals surface area contributed by atoms with Crippen molar-refractivity contribution in [3.05, 3.63) is 28.3 Å². The van der Waals surface area contributed by atoms with Gasteiger partial charge >= 0.3 is 0 Å². The highest BCUT2D eigenvalue weighted by atomic mass is 35.5. The van der Waals surface area contributed by atoms with E-state index in [0.29, 0.717) is 11.6 Å². The second-order valence-electron chi connectivity index (χ2n) is 3.65. The van der Waals surface area contributed by atoms with Gasteiger partial charge < -0.3 is 9.84 Å². The smallest absolute Gasteiger partial charge is 0.128 e. The predicted octanol–water partition coefficient (Wildman–Crippen LogP) is 2.85. The molecule has 1 heterocycles. The van der Waals surface area contributed by atoms with Gasteiger partial charge in [-0.15, -0.1) is 0 Å². The summed E-state index contributed by atoms with van der Waals surface area (Å²) in [5.74, 6) is 0.805. The van der Waals surface area contributed by atoms with Crippen molar-refractivity contribution in [1.29, 1.82) is 0 Å². The summed E-state index contributed by atoms with van der Waals surface area (Å²) in [5, 5.41) is 10.5. The van der Waals surface area contributed by atoms with E-state index in [1.165, 1.54) is 0 Å². The van der Waals surface area contributed by atoms with Crippen LogP contribution in [0.15, 0.2) is 12.1 Å². The van der Waals surface area contributed by atoms with E-state index < -0.39 is 6.10 Å². The summed E-state index contributed by atoms with van der Waals surface area (Å²) in [4.78, 5) is 0. The third-order valence-corrected chi connectivity index (χ3v) is 2.71. The fourth-order valence-electron chi connectivity index (χ4n) is 1.81. The number of ether oxygens (including phenoxy) is 1. The summed E-state index contributed by atoms with van der Waals surface area (Å²) in [5.41, 5.74) is 1.82. The van der Waals surface area contributed by atoms with Crippen LogP contribution in [-0.2, 0) is 0 Å². The Bertz CT molecular complexity index is 349. The molecule has 0 unspecified atom stereocenters. The number of halogens is 1. The monoisotopic (exact) mass is 212 g/mol. The molecule has 0 amide bonds. The minimum atomic E-state index is -0.440. The molecule has 0 radical (unpaired) electrons. The van der Waals surface area contributed by atoms with Gasteiger partial charge in [0.05, 0.1) is 12.7 Å². The molecule has 2 rings (SSSR count). The molecule has 0 bridgehead atoms. The highest BCUT2D eigenvalue weighted by molar-refractivity contribution is 6.30. The first-order valence-electron chi connectivity index (χ1n) is 4.79. The molecule has 1 atom stereocenters. The van der Waals surface area contributed by atoms with E-state index in [4.69, 9.17) is 16.3 Å². The Morgan fingerprint density at radius 2 is 2.29 bits per heavy atom. The summed E-state index contributed by atoms with van der Waals surface area (Å²) < 4.78 is 5.59. The average molecular weight is 213 g/mol. The van der Waals surface area contributed by atoms with Crippen molar-refractivity contribution < 1.29 is 9.84 Å². The molecule has 1 aromatic rings. The number of hydrogen-bond donors (Lipinski definition) is 1. The molecule has 0 saturated carbocycles. The average Bonchev–Trinajstić information content (AvgIpc) is 2.29. The van der Waals surface area contributed by atoms with E-state index >= 15 is 0 Å². The summed E-state index contributed by atoms with van der Waals surface area (Å²) in [6.07, 6.45) is 1.18. The van der Waals surface area contributed by atoms with Crippen molar-refractivity contribution in [2.24, 2.45) is 0 Å². The number of aliphatic hydroxyl groups is 1. The zero-order valence-electron chi connectivity index (χ0n) is 8.09. The Hall–Kier alpha value is -0.730. The summed E-state index contributed by atoms with van der Waals surface area (Å²) in [6, 6.07) is 3.65. The molecule has 0 fully saturated rings. The lowest BCUT2D eigenvalue weighted by Crippen LogP contribution is -1.98. The third-order valence-electron chi connectivity index (χ3n) is 2.50. The first-order chi connectivity index (χ1) is 6.68. The number of benzene rings is 1. The molecular weight excluding hydrogens is 200 g/mol. The molecule has 0 aromatic heterocycles. The van der Waals surface area contributed by atoms with E-state index in [1.807, 2.05) is 13.0 Å². The molecular formula is C11H13ClO2. The van der Waals surface area contributed by atoms with Gasteiger partial charge in [0.1, 0.15) is 5.75 Å². The summed E-state index contributed by atoms with van der Waals surface area (Å²) in [7, 11) is 0. The molecule has 0 aliphatic carbocycles. The fraction of sp³-hybridized carbons (Fsp3) is 0.455. The van der Waals surface area contributed by atoms with E-state index in [0.717, 1.165) is 29.7 Å². The molecule has 3 heteroatoms. The van der Waals surface area contributed by atoms with Gasteiger partial charge in [-0.25, -0.2) is 0 Å². The summed E-state index contributed by atoms with van der Waals surface area (Å²) in [6.45, 7) is 2.62. The van der Waals surface area contributed by atoms with Crippen molar-refractivity contribution in [2.75, 3.05) is 6.61 Å². The Morgan fingerprint density at radius 1 is 1.50 bits per heavy atom. The normalized spacial score (nSPS) is 20.9. The lowest BCUT2D eigenvalue weighted by atomic mass is 10.0. The predicted molar refractivity (Wildman–Crippen MR) is 55.9 cm³/mol. The molecule has 1 N–H and O–H groups in total. The zero-order chi connectivity index (χ0) is 10.1. The van der Waals surface area contributed by atoms with Crippen LogP contribution in [0.5, 0.6) is 5.75 Å². The quantitative estimate of drug-likeness (QED) is 0.717. The third kappa shape index (κ3) is 1.72. The lowest BCUT2D eigenvalue weighted by Gasteiger charge is -2.13. The Kier molecular flexibility index (Phi) is 2.66. The van der Waals surface area contributed by atoms with Gasteiger partial charge in [-0.3, -0.25) is 0 Å². The molecule has 1 aromatic carbocycles. The van der Waals surface area contributed by atoms with Gasteiger partial charge in [0.25, 0.3) is 0 Å². The number of rotatable bonds is 0. The molecule has 0 spiro atoms. The second kappa shape index (κ2) is 3.79. The second-order valence-corrected chi connectivity index (χ2v) is 4.08. The molecule has 14 heavy (non-hydrogen) atoms. The van der Waals surface area contributed by atoms with E-state index in [1.54, 1.807) is 6.07 Å². The van der Waals surface area contributed by atoms with Crippen LogP contribution < -0.4 is 4.74 Å². The standard InChI is InChI=1S/C11H13ClO2/c1-7-5-8(12)6-9-10(13)3-2-4-14-11(7)9/h5-6,10,13H,2-4H2,1H3/t10-/m1/s1. The molecule has 2 nitrogen and oxygen atoms in total. The maximum atomic E-state index is 9.85. The summed E-state index contributed by atoms with van der Waals surface area (Å²) >= 11 is 5.93. The maximum Gasteiger partial charge on any atom is 0.128 e. The first kappa shape index (κ1) is 9.81. The van der Waals surface area contributed by atoms with Crippen LogP contribution >= 0.6 is 11.6 Å². The van der Waals surface area contributed by atoms with Crippen LogP contribution in [-0.4, -0.2) is 11.7 Å². The zero-order valence-corrected chi connectivity index (χ0v) is 8.84. The topological polar surface area (TPSA) is 29.5 Å². The maximum absolute atomic E-state index is 9.85. The van der Waals surface area contributed by atoms with Crippen molar-refractivity contribution in [3.63, 3.8) is 0 Å². The van der Waals surface area contributed by atoms with Crippen LogP contribution in [0.3, 0.4) is 0 Å². The van der Waals surface area contributed by atoms with Gasteiger partial charge in [-0.2, -0.15) is 0 Å². The number of hydrogen-bond acceptors (Lipinski definition) is 2. The van der Waals surface area contributed by atoms with Gasteiger partial charge in [0.2, 0.25) is 0 Å². The molecule has 76 valence electrons. The first-order valence-corrected chi connectivity index (χ1v) is 5.17. The minimum absolute atomic E-state index is 0.440. The number of aliphatic hydroxyl groups excluding tert-OH is 1. The number of fused-ring (bicyclic) bond motifs is 1. The van der Waals surface area contributed by atoms with E-state index in [2.05, 4.69) is 0 Å². The van der Waals surface area contributed by atoms with Crippen LogP contribution in [0.1, 0.15) is 30.1 Å². The molecule has 1 aliphatic heterocycles. The Labute approximate surface area is 88.5 Å². The Morgan fingerprint density at radius 3 is 3.07 bits per heavy atom. The van der Waals surface area contributed by atoms with Crippen LogP contribution in [0, 0.1) is 6.92 Å². The molecule has 1 aliphatic rings. The van der Waals surface area contributed by atoms with Crippen molar-refractivity contribution in [3.8, 4) is 5.75 Å². The lowest BCUT2D eigenvalue weighted by molar-refractivity contribution is 0.167. The van der Waals surface area contributed by atoms with E-state index in [9.17, 15) is 5.11 Å². The van der Waals surface area contributed by atoms with Crippen LogP contribution in [0.2, 0.25) is 5.02 Å². The van der Waals surface area contributed by atoms with Gasteiger partial charge in [0.15, 0.2) is 0 Å². The Balaban J connectivity index is 2.53. The van der Waals surface area contributed by atoms with Crippen molar-refractivity contribution >= 4 is 11.6 Å². The fourth-order valence-corrected chi connectivity index (χ4v) is 2.09. The van der Waals surface area contributed by atoms with E-state index in [-0.39, 0.29) is 0 Å². The molecule has 0 saturated heterocycles. The van der Waals surface area contributed by atoms with Gasteiger partial charge in [0, 0.05) is 10.6 Å². The largest absolute Gasteiger partial charge is 0.493 e. The van der Waals surface area contributed by atoms with Crippen LogP contribution in [0.4, 0.5) is 0 Å². The minimum Gasteiger partial charge on any atom is -0.493 e. The van der Waals surface area contributed by atoms with Crippen LogP contribution in [0.25, 0.3) is 0 Å². The van der Waals surface area contributed by atoms with Gasteiger partial charge in [-0.1, -0.05) is 11.6 Å². The highest BCUT2D eigenvalue weighted by Crippen LogP contribution is 2.36.